The van der Waals surface area contributed by atoms with E-state index in [0.717, 1.165) is 0 Å². The molecule has 98 valence electrons. The molecule has 4 nitrogen and oxygen atoms in total. The summed E-state index contributed by atoms with van der Waals surface area (Å²) in [5.41, 5.74) is 0. The fourth-order valence-corrected chi connectivity index (χ4v) is 1.86. The second-order valence-electron chi connectivity index (χ2n) is 3.86. The molecule has 0 N–H and O–H groups in total. The number of carbonyl (C=O) groups is 1. The number of ether oxygens (including phenoxy) is 2. The minimum absolute atomic E-state index is 0.0823. The van der Waals surface area contributed by atoms with Crippen LogP contribution in [0.1, 0.15) is 0 Å². The summed E-state index contributed by atoms with van der Waals surface area (Å²) in [4.78, 5) is 13.4. The molecule has 0 aromatic heterocycles. The molecule has 1 saturated heterocycles. The number of nitrogens with zero attached hydrogens (tertiary/aromatic N) is 1. The van der Waals surface area contributed by atoms with Crippen LogP contribution in [0.5, 0.6) is 5.75 Å². The SMILES string of the molecule is O=C(COc1ccc(Br)c(F)c1)N1CCOCC1. The van der Waals surface area contributed by atoms with Crippen LogP contribution in [0.15, 0.2) is 22.7 Å². The molecule has 0 spiro atoms. The van der Waals surface area contributed by atoms with Gasteiger partial charge in [0, 0.05) is 19.2 Å². The molecular formula is C12H13BrFNO3. The van der Waals surface area contributed by atoms with Crippen molar-refractivity contribution in [3.05, 3.63) is 28.5 Å². The Labute approximate surface area is 113 Å². The molecular weight excluding hydrogens is 305 g/mol. The van der Waals surface area contributed by atoms with Gasteiger partial charge < -0.3 is 14.4 Å². The van der Waals surface area contributed by atoms with E-state index in [1.54, 1.807) is 17.0 Å². The minimum atomic E-state index is -0.411. The highest BCUT2D eigenvalue weighted by Crippen LogP contribution is 2.20. The highest BCUT2D eigenvalue weighted by Gasteiger charge is 2.17. The summed E-state index contributed by atoms with van der Waals surface area (Å²) in [5, 5.41) is 0. The second kappa shape index (κ2) is 6.15. The number of hydrogen-bond donors (Lipinski definition) is 0. The monoisotopic (exact) mass is 317 g/mol. The van der Waals surface area contributed by atoms with Crippen LogP contribution >= 0.6 is 15.9 Å². The van der Waals surface area contributed by atoms with Crippen molar-refractivity contribution in [2.45, 2.75) is 0 Å². The van der Waals surface area contributed by atoms with Crippen molar-refractivity contribution in [1.29, 1.82) is 0 Å². The first-order valence-corrected chi connectivity index (χ1v) is 6.39. The molecule has 0 unspecified atom stereocenters. The van der Waals surface area contributed by atoms with Crippen LogP contribution in [-0.4, -0.2) is 43.7 Å². The second-order valence-corrected chi connectivity index (χ2v) is 4.71. The third kappa shape index (κ3) is 3.43. The lowest BCUT2D eigenvalue weighted by Crippen LogP contribution is -2.42. The third-order valence-corrected chi connectivity index (χ3v) is 3.26. The van der Waals surface area contributed by atoms with E-state index < -0.39 is 5.82 Å². The Kier molecular flexibility index (Phi) is 4.54. The predicted octanol–water partition coefficient (Wildman–Crippen LogP) is 1.83. The molecule has 1 amide bonds. The average molecular weight is 318 g/mol. The Balaban J connectivity index is 1.86. The van der Waals surface area contributed by atoms with Crippen LogP contribution in [0.2, 0.25) is 0 Å². The first-order valence-electron chi connectivity index (χ1n) is 5.60. The quantitative estimate of drug-likeness (QED) is 0.853. The van der Waals surface area contributed by atoms with Gasteiger partial charge in [-0.25, -0.2) is 4.39 Å². The first-order chi connectivity index (χ1) is 8.66. The first kappa shape index (κ1) is 13.3. The van der Waals surface area contributed by atoms with Gasteiger partial charge in [-0.3, -0.25) is 4.79 Å². The van der Waals surface area contributed by atoms with Gasteiger partial charge in [0.05, 0.1) is 17.7 Å². The van der Waals surface area contributed by atoms with Crippen LogP contribution in [0.25, 0.3) is 0 Å². The van der Waals surface area contributed by atoms with E-state index in [9.17, 15) is 9.18 Å². The third-order valence-electron chi connectivity index (χ3n) is 2.62. The molecule has 0 aliphatic carbocycles. The lowest BCUT2D eigenvalue weighted by atomic mass is 10.3. The molecule has 0 bridgehead atoms. The number of hydrogen-bond acceptors (Lipinski definition) is 3. The number of morpholine rings is 1. The van der Waals surface area contributed by atoms with Crippen molar-refractivity contribution in [1.82, 2.24) is 4.90 Å². The Morgan fingerprint density at radius 2 is 2.17 bits per heavy atom. The van der Waals surface area contributed by atoms with Crippen molar-refractivity contribution >= 4 is 21.8 Å². The maximum atomic E-state index is 13.2. The zero-order valence-corrected chi connectivity index (χ0v) is 11.3. The van der Waals surface area contributed by atoms with Gasteiger partial charge in [-0.2, -0.15) is 0 Å². The van der Waals surface area contributed by atoms with Crippen LogP contribution in [0, 0.1) is 5.82 Å². The van der Waals surface area contributed by atoms with Crippen molar-refractivity contribution in [3.63, 3.8) is 0 Å². The molecule has 1 heterocycles. The van der Waals surface area contributed by atoms with Gasteiger partial charge in [-0.1, -0.05) is 0 Å². The lowest BCUT2D eigenvalue weighted by molar-refractivity contribution is -0.137. The van der Waals surface area contributed by atoms with Crippen molar-refractivity contribution < 1.29 is 18.7 Å². The minimum Gasteiger partial charge on any atom is -0.484 e. The van der Waals surface area contributed by atoms with Gasteiger partial charge in [0.2, 0.25) is 0 Å². The molecule has 2 rings (SSSR count). The lowest BCUT2D eigenvalue weighted by Gasteiger charge is -2.26. The van der Waals surface area contributed by atoms with Crippen LogP contribution < -0.4 is 4.74 Å². The summed E-state index contributed by atoms with van der Waals surface area (Å²) in [6, 6.07) is 4.40. The van der Waals surface area contributed by atoms with E-state index in [1.807, 2.05) is 0 Å². The average Bonchev–Trinajstić information content (AvgIpc) is 2.41. The molecule has 6 heteroatoms. The number of amides is 1. The smallest absolute Gasteiger partial charge is 0.260 e. The highest BCUT2D eigenvalue weighted by molar-refractivity contribution is 9.10. The molecule has 0 saturated carbocycles. The number of rotatable bonds is 3. The van der Waals surface area contributed by atoms with Crippen molar-refractivity contribution in [3.8, 4) is 5.75 Å². The summed E-state index contributed by atoms with van der Waals surface area (Å²) in [6.07, 6.45) is 0. The summed E-state index contributed by atoms with van der Waals surface area (Å²) in [6.45, 7) is 2.19. The largest absolute Gasteiger partial charge is 0.484 e. The number of benzene rings is 1. The van der Waals surface area contributed by atoms with Gasteiger partial charge >= 0.3 is 0 Å². The highest BCUT2D eigenvalue weighted by atomic mass is 79.9. The van der Waals surface area contributed by atoms with Crippen molar-refractivity contribution in [2.75, 3.05) is 32.9 Å². The van der Waals surface area contributed by atoms with Gasteiger partial charge in [-0.15, -0.1) is 0 Å². The summed E-state index contributed by atoms with van der Waals surface area (Å²) >= 11 is 3.05. The Morgan fingerprint density at radius 1 is 1.44 bits per heavy atom. The van der Waals surface area contributed by atoms with E-state index in [-0.39, 0.29) is 12.5 Å². The van der Waals surface area contributed by atoms with Crippen molar-refractivity contribution in [2.24, 2.45) is 0 Å². The van der Waals surface area contributed by atoms with E-state index in [0.29, 0.717) is 36.5 Å². The van der Waals surface area contributed by atoms with E-state index in [4.69, 9.17) is 9.47 Å². The standard InChI is InChI=1S/C12H13BrFNO3/c13-10-2-1-9(7-11(10)14)18-8-12(16)15-3-5-17-6-4-15/h1-2,7H,3-6,8H2. The van der Waals surface area contributed by atoms with Crippen LogP contribution in [0.3, 0.4) is 0 Å². The van der Waals surface area contributed by atoms with Gasteiger partial charge in [-0.05, 0) is 28.1 Å². The maximum Gasteiger partial charge on any atom is 0.260 e. The predicted molar refractivity (Wildman–Crippen MR) is 67.0 cm³/mol. The molecule has 1 aliphatic rings. The summed E-state index contributed by atoms with van der Waals surface area (Å²) in [5.74, 6) is -0.176. The van der Waals surface area contributed by atoms with Crippen LogP contribution in [-0.2, 0) is 9.53 Å². The summed E-state index contributed by atoms with van der Waals surface area (Å²) < 4.78 is 24.0. The zero-order chi connectivity index (χ0) is 13.0. The normalized spacial score (nSPS) is 15.6. The molecule has 1 aromatic carbocycles. The number of halogens is 2. The van der Waals surface area contributed by atoms with Gasteiger partial charge in [0.1, 0.15) is 11.6 Å². The molecule has 1 aliphatic heterocycles. The van der Waals surface area contributed by atoms with E-state index in [2.05, 4.69) is 15.9 Å². The van der Waals surface area contributed by atoms with Gasteiger partial charge in [0.25, 0.3) is 5.91 Å². The van der Waals surface area contributed by atoms with E-state index in [1.165, 1.54) is 6.07 Å². The molecule has 1 fully saturated rings. The summed E-state index contributed by atoms with van der Waals surface area (Å²) in [7, 11) is 0. The Bertz CT molecular complexity index is 435. The van der Waals surface area contributed by atoms with E-state index >= 15 is 0 Å². The van der Waals surface area contributed by atoms with Crippen LogP contribution in [0.4, 0.5) is 4.39 Å². The fourth-order valence-electron chi connectivity index (χ4n) is 1.62. The molecule has 1 aromatic rings. The topological polar surface area (TPSA) is 38.8 Å². The molecule has 0 atom stereocenters. The fraction of sp³-hybridized carbons (Fsp3) is 0.417. The Morgan fingerprint density at radius 3 is 2.83 bits per heavy atom. The zero-order valence-electron chi connectivity index (χ0n) is 9.70. The number of carbonyl (C=O) groups excluding carboxylic acids is 1. The Hall–Kier alpha value is -1.14. The van der Waals surface area contributed by atoms with Gasteiger partial charge in [0.15, 0.2) is 6.61 Å². The molecule has 0 radical (unpaired) electrons. The molecule has 18 heavy (non-hydrogen) atoms. The maximum absolute atomic E-state index is 13.2.